The largest absolute Gasteiger partial charge is 0.367 e. The van der Waals surface area contributed by atoms with Crippen molar-refractivity contribution in [3.05, 3.63) is 72.2 Å². The van der Waals surface area contributed by atoms with Crippen LogP contribution < -0.4 is 4.90 Å². The number of anilines is 1. The summed E-state index contributed by atoms with van der Waals surface area (Å²) in [5.41, 5.74) is 2.84. The van der Waals surface area contributed by atoms with Crippen molar-refractivity contribution in [2.75, 3.05) is 31.1 Å². The molecular formula is C20H20FN3. The smallest absolute Gasteiger partial charge is 0.146 e. The molecule has 0 radical (unpaired) electrons. The Morgan fingerprint density at radius 1 is 0.833 bits per heavy atom. The van der Waals surface area contributed by atoms with Crippen molar-refractivity contribution in [1.82, 2.24) is 9.88 Å². The summed E-state index contributed by atoms with van der Waals surface area (Å²) in [6, 6.07) is 19.4. The molecule has 4 rings (SSSR count). The molecule has 0 aliphatic carbocycles. The van der Waals surface area contributed by atoms with Gasteiger partial charge in [-0.2, -0.15) is 0 Å². The number of benzene rings is 2. The van der Waals surface area contributed by atoms with Crippen LogP contribution in [0.2, 0.25) is 0 Å². The molecule has 24 heavy (non-hydrogen) atoms. The zero-order valence-corrected chi connectivity index (χ0v) is 13.5. The molecule has 0 atom stereocenters. The highest BCUT2D eigenvalue weighted by atomic mass is 19.1. The lowest BCUT2D eigenvalue weighted by atomic mass is 10.2. The quantitative estimate of drug-likeness (QED) is 0.733. The minimum Gasteiger partial charge on any atom is -0.367 e. The molecule has 0 spiro atoms. The molecule has 3 nitrogen and oxygen atoms in total. The Kier molecular flexibility index (Phi) is 4.13. The highest BCUT2D eigenvalue weighted by molar-refractivity contribution is 5.78. The van der Waals surface area contributed by atoms with E-state index in [1.54, 1.807) is 6.07 Å². The van der Waals surface area contributed by atoms with Gasteiger partial charge in [0.05, 0.1) is 16.9 Å². The van der Waals surface area contributed by atoms with Crippen LogP contribution in [-0.4, -0.2) is 36.1 Å². The normalized spacial score (nSPS) is 15.8. The number of rotatable bonds is 3. The van der Waals surface area contributed by atoms with E-state index in [1.807, 2.05) is 24.3 Å². The monoisotopic (exact) mass is 321 g/mol. The lowest BCUT2D eigenvalue weighted by Crippen LogP contribution is -2.46. The number of pyridine rings is 1. The van der Waals surface area contributed by atoms with E-state index in [9.17, 15) is 4.39 Å². The van der Waals surface area contributed by atoms with E-state index in [0.717, 1.165) is 43.9 Å². The average Bonchev–Trinajstić information content (AvgIpc) is 2.63. The summed E-state index contributed by atoms with van der Waals surface area (Å²) in [5.74, 6) is -0.137. The number of halogens is 1. The Labute approximate surface area is 141 Å². The van der Waals surface area contributed by atoms with Crippen molar-refractivity contribution in [3.63, 3.8) is 0 Å². The molecule has 1 aliphatic heterocycles. The molecule has 1 aromatic heterocycles. The van der Waals surface area contributed by atoms with Gasteiger partial charge in [0, 0.05) is 38.1 Å². The molecule has 2 heterocycles. The fraction of sp³-hybridized carbons (Fsp3) is 0.250. The number of piperazine rings is 1. The van der Waals surface area contributed by atoms with Gasteiger partial charge < -0.3 is 4.90 Å². The van der Waals surface area contributed by atoms with Crippen LogP contribution in [0.1, 0.15) is 5.69 Å². The van der Waals surface area contributed by atoms with Crippen LogP contribution in [0.15, 0.2) is 60.7 Å². The van der Waals surface area contributed by atoms with Crippen molar-refractivity contribution < 1.29 is 4.39 Å². The number of hydrogen-bond acceptors (Lipinski definition) is 3. The Morgan fingerprint density at radius 3 is 2.42 bits per heavy atom. The first-order chi connectivity index (χ1) is 11.8. The minimum absolute atomic E-state index is 0.137. The van der Waals surface area contributed by atoms with Gasteiger partial charge in [-0.25, -0.2) is 4.39 Å². The Morgan fingerprint density at radius 2 is 1.58 bits per heavy atom. The molecular weight excluding hydrogens is 301 g/mol. The third-order valence-electron chi connectivity index (χ3n) is 4.61. The van der Waals surface area contributed by atoms with Crippen molar-refractivity contribution in [2.45, 2.75) is 6.54 Å². The van der Waals surface area contributed by atoms with Gasteiger partial charge in [0.25, 0.3) is 0 Å². The maximum atomic E-state index is 13.9. The molecule has 1 aliphatic rings. The SMILES string of the molecule is Fc1ccccc1N1CCN(Cc2ccc3ccccc3n2)CC1. The van der Waals surface area contributed by atoms with Crippen LogP contribution in [0.5, 0.6) is 0 Å². The highest BCUT2D eigenvalue weighted by Crippen LogP contribution is 2.21. The zero-order valence-electron chi connectivity index (χ0n) is 13.5. The van der Waals surface area contributed by atoms with Crippen LogP contribution >= 0.6 is 0 Å². The standard InChI is InChI=1S/C20H20FN3/c21-18-6-2-4-8-20(18)24-13-11-23(12-14-24)15-17-10-9-16-5-1-3-7-19(16)22-17/h1-10H,11-15H2. The minimum atomic E-state index is -0.137. The van der Waals surface area contributed by atoms with E-state index < -0.39 is 0 Å². The Hall–Kier alpha value is -2.46. The maximum absolute atomic E-state index is 13.9. The predicted molar refractivity (Wildman–Crippen MR) is 95.6 cm³/mol. The van der Waals surface area contributed by atoms with Gasteiger partial charge in [-0.15, -0.1) is 0 Å². The fourth-order valence-corrected chi connectivity index (χ4v) is 3.28. The van der Waals surface area contributed by atoms with Gasteiger partial charge in [0.15, 0.2) is 0 Å². The van der Waals surface area contributed by atoms with E-state index >= 15 is 0 Å². The van der Waals surface area contributed by atoms with Gasteiger partial charge in [-0.3, -0.25) is 9.88 Å². The first-order valence-corrected chi connectivity index (χ1v) is 8.36. The van der Waals surface area contributed by atoms with E-state index in [0.29, 0.717) is 5.69 Å². The first kappa shape index (κ1) is 15.1. The number of para-hydroxylation sites is 2. The van der Waals surface area contributed by atoms with Crippen LogP contribution in [0.3, 0.4) is 0 Å². The van der Waals surface area contributed by atoms with Crippen molar-refractivity contribution in [3.8, 4) is 0 Å². The molecule has 122 valence electrons. The van der Waals surface area contributed by atoms with Crippen LogP contribution in [0.25, 0.3) is 10.9 Å². The lowest BCUT2D eigenvalue weighted by Gasteiger charge is -2.36. The number of hydrogen-bond donors (Lipinski definition) is 0. The third kappa shape index (κ3) is 3.10. The van der Waals surface area contributed by atoms with Crippen molar-refractivity contribution in [2.24, 2.45) is 0 Å². The van der Waals surface area contributed by atoms with E-state index in [4.69, 9.17) is 4.98 Å². The molecule has 0 N–H and O–H groups in total. The topological polar surface area (TPSA) is 19.4 Å². The summed E-state index contributed by atoms with van der Waals surface area (Å²) in [7, 11) is 0. The summed E-state index contributed by atoms with van der Waals surface area (Å²) in [5, 5.41) is 1.17. The molecule has 0 saturated carbocycles. The fourth-order valence-electron chi connectivity index (χ4n) is 3.28. The summed E-state index contributed by atoms with van der Waals surface area (Å²) in [4.78, 5) is 9.25. The number of nitrogens with zero attached hydrogens (tertiary/aromatic N) is 3. The highest BCUT2D eigenvalue weighted by Gasteiger charge is 2.19. The second-order valence-corrected chi connectivity index (χ2v) is 6.21. The average molecular weight is 321 g/mol. The molecule has 0 bridgehead atoms. The molecule has 0 amide bonds. The van der Waals surface area contributed by atoms with Crippen LogP contribution in [-0.2, 0) is 6.54 Å². The summed E-state index contributed by atoms with van der Waals surface area (Å²) >= 11 is 0. The zero-order chi connectivity index (χ0) is 16.4. The van der Waals surface area contributed by atoms with E-state index in [-0.39, 0.29) is 5.82 Å². The predicted octanol–water partition coefficient (Wildman–Crippen LogP) is 3.70. The van der Waals surface area contributed by atoms with Gasteiger partial charge in [0.2, 0.25) is 0 Å². The van der Waals surface area contributed by atoms with E-state index in [1.165, 1.54) is 11.5 Å². The molecule has 1 saturated heterocycles. The number of fused-ring (bicyclic) bond motifs is 1. The van der Waals surface area contributed by atoms with Crippen molar-refractivity contribution >= 4 is 16.6 Å². The van der Waals surface area contributed by atoms with Gasteiger partial charge in [0.1, 0.15) is 5.82 Å². The summed E-state index contributed by atoms with van der Waals surface area (Å²) in [6.45, 7) is 4.37. The second kappa shape index (κ2) is 6.57. The van der Waals surface area contributed by atoms with Crippen LogP contribution in [0.4, 0.5) is 10.1 Å². The number of aromatic nitrogens is 1. The van der Waals surface area contributed by atoms with Crippen LogP contribution in [0, 0.1) is 5.82 Å². The Balaban J connectivity index is 1.41. The van der Waals surface area contributed by atoms with Gasteiger partial charge >= 0.3 is 0 Å². The van der Waals surface area contributed by atoms with Gasteiger partial charge in [-0.05, 0) is 24.3 Å². The molecule has 3 aromatic rings. The first-order valence-electron chi connectivity index (χ1n) is 8.36. The molecule has 2 aromatic carbocycles. The van der Waals surface area contributed by atoms with Gasteiger partial charge in [-0.1, -0.05) is 36.4 Å². The van der Waals surface area contributed by atoms with E-state index in [2.05, 4.69) is 34.1 Å². The molecule has 0 unspecified atom stereocenters. The summed E-state index contributed by atoms with van der Waals surface area (Å²) in [6.07, 6.45) is 0. The maximum Gasteiger partial charge on any atom is 0.146 e. The molecule has 1 fully saturated rings. The third-order valence-corrected chi connectivity index (χ3v) is 4.61. The second-order valence-electron chi connectivity index (χ2n) is 6.21. The van der Waals surface area contributed by atoms with Crippen molar-refractivity contribution in [1.29, 1.82) is 0 Å². The molecule has 4 heteroatoms. The summed E-state index contributed by atoms with van der Waals surface area (Å²) < 4.78 is 13.9. The lowest BCUT2D eigenvalue weighted by molar-refractivity contribution is 0.247. The Bertz CT molecular complexity index is 841.